The van der Waals surface area contributed by atoms with E-state index in [0.29, 0.717) is 11.3 Å². The Hall–Kier alpha value is -4.33. The van der Waals surface area contributed by atoms with Crippen molar-refractivity contribution in [2.75, 3.05) is 4.90 Å². The lowest BCUT2D eigenvalue weighted by molar-refractivity contribution is 1.17. The van der Waals surface area contributed by atoms with Gasteiger partial charge in [0.25, 0.3) is 0 Å². The van der Waals surface area contributed by atoms with Gasteiger partial charge in [0.15, 0.2) is 0 Å². The van der Waals surface area contributed by atoms with E-state index >= 15 is 0 Å². The fraction of sp³-hybridized carbons (Fsp3) is 0. The number of benzene rings is 4. The zero-order chi connectivity index (χ0) is 22.9. The van der Waals surface area contributed by atoms with Crippen molar-refractivity contribution in [3.05, 3.63) is 121 Å². The Kier molecular flexibility index (Phi) is 5.10. The lowest BCUT2D eigenvalue weighted by atomic mass is 9.98. The molecule has 6 rings (SSSR count). The highest BCUT2D eigenvalue weighted by atomic mass is 32.2. The smallest absolute Gasteiger partial charge is 0.101 e. The first-order chi connectivity index (χ1) is 16.8. The molecular weight excluding hydrogens is 434 g/mol. The molecule has 34 heavy (non-hydrogen) atoms. The van der Waals surface area contributed by atoms with E-state index < -0.39 is 0 Å². The number of hydrogen-bond acceptors (Lipinski definition) is 4. The van der Waals surface area contributed by atoms with Gasteiger partial charge in [0, 0.05) is 27.1 Å². The number of pyridine rings is 1. The van der Waals surface area contributed by atoms with E-state index in [9.17, 15) is 5.26 Å². The third-order valence-electron chi connectivity index (χ3n) is 5.97. The van der Waals surface area contributed by atoms with Crippen LogP contribution in [0.2, 0.25) is 0 Å². The normalized spacial score (nSPS) is 11.9. The summed E-state index contributed by atoms with van der Waals surface area (Å²) < 4.78 is 0. The monoisotopic (exact) mass is 453 g/mol. The summed E-state index contributed by atoms with van der Waals surface area (Å²) in [5.41, 5.74) is 7.98. The molecule has 0 unspecified atom stereocenters. The van der Waals surface area contributed by atoms with Gasteiger partial charge in [-0.1, -0.05) is 78.5 Å². The minimum absolute atomic E-state index is 0.578. The molecule has 0 bridgehead atoms. The van der Waals surface area contributed by atoms with Crippen molar-refractivity contribution in [1.29, 1.82) is 5.26 Å². The van der Waals surface area contributed by atoms with Crippen molar-refractivity contribution in [2.45, 2.75) is 9.79 Å². The van der Waals surface area contributed by atoms with Gasteiger partial charge in [-0.05, 0) is 48.0 Å². The number of hydrogen-bond donors (Lipinski definition) is 0. The van der Waals surface area contributed by atoms with E-state index in [1.54, 1.807) is 18.3 Å². The number of fused-ring (bicyclic) bond motifs is 2. The second-order valence-electron chi connectivity index (χ2n) is 7.98. The van der Waals surface area contributed by atoms with E-state index in [2.05, 4.69) is 101 Å². The number of nitrogens with zero attached hydrogens (tertiary/aromatic N) is 3. The molecule has 0 N–H and O–H groups in total. The van der Waals surface area contributed by atoms with Crippen molar-refractivity contribution in [2.24, 2.45) is 0 Å². The minimum atomic E-state index is 0.578. The first-order valence-electron chi connectivity index (χ1n) is 11.0. The van der Waals surface area contributed by atoms with Gasteiger partial charge in [-0.15, -0.1) is 0 Å². The summed E-state index contributed by atoms with van der Waals surface area (Å²) in [7, 11) is 0. The van der Waals surface area contributed by atoms with Gasteiger partial charge in [0.1, 0.15) is 6.07 Å². The first kappa shape index (κ1) is 20.3. The van der Waals surface area contributed by atoms with E-state index in [4.69, 9.17) is 0 Å². The zero-order valence-electron chi connectivity index (χ0n) is 18.2. The van der Waals surface area contributed by atoms with Crippen LogP contribution in [-0.2, 0) is 0 Å². The molecule has 2 heterocycles. The molecule has 0 saturated heterocycles. The van der Waals surface area contributed by atoms with Crippen molar-refractivity contribution in [1.82, 2.24) is 4.98 Å². The van der Waals surface area contributed by atoms with Crippen LogP contribution in [0.1, 0.15) is 5.56 Å². The molecule has 1 aliphatic rings. The average molecular weight is 454 g/mol. The molecule has 0 atom stereocenters. The van der Waals surface area contributed by atoms with Gasteiger partial charge in [-0.2, -0.15) is 5.26 Å². The van der Waals surface area contributed by atoms with Crippen molar-refractivity contribution in [3.63, 3.8) is 0 Å². The molecule has 0 aliphatic carbocycles. The standard InChI is InChI=1S/C30H19N3S/c31-20-23-8-7-19-32-30(23)22-17-15-21(16-18-22)24-9-1-2-10-25(24)33-26-11-3-5-13-28(26)34-29-14-6-4-12-27(29)33/h1-19H. The molecule has 4 aromatic carbocycles. The Morgan fingerprint density at radius 2 is 1.21 bits per heavy atom. The molecular formula is C30H19N3S. The molecule has 0 fully saturated rings. The average Bonchev–Trinajstić information content (AvgIpc) is 2.92. The van der Waals surface area contributed by atoms with Crippen molar-refractivity contribution in [3.8, 4) is 28.5 Å². The topological polar surface area (TPSA) is 39.9 Å². The minimum Gasteiger partial charge on any atom is -0.308 e. The van der Waals surface area contributed by atoms with Crippen LogP contribution in [0.25, 0.3) is 22.4 Å². The van der Waals surface area contributed by atoms with Gasteiger partial charge in [0.2, 0.25) is 0 Å². The van der Waals surface area contributed by atoms with Crippen LogP contribution in [0.15, 0.2) is 125 Å². The molecule has 0 amide bonds. The van der Waals surface area contributed by atoms with E-state index in [-0.39, 0.29) is 0 Å². The van der Waals surface area contributed by atoms with Crippen LogP contribution in [0.3, 0.4) is 0 Å². The molecule has 4 heteroatoms. The molecule has 160 valence electrons. The van der Waals surface area contributed by atoms with Gasteiger partial charge in [0.05, 0.1) is 28.3 Å². The van der Waals surface area contributed by atoms with Gasteiger partial charge in [-0.25, -0.2) is 0 Å². The quantitative estimate of drug-likeness (QED) is 0.271. The van der Waals surface area contributed by atoms with E-state index in [0.717, 1.165) is 22.4 Å². The summed E-state index contributed by atoms with van der Waals surface area (Å²) in [5, 5.41) is 9.46. The van der Waals surface area contributed by atoms with Crippen molar-refractivity contribution < 1.29 is 0 Å². The van der Waals surface area contributed by atoms with Crippen LogP contribution in [0.5, 0.6) is 0 Å². The third kappa shape index (κ3) is 3.44. The van der Waals surface area contributed by atoms with Crippen LogP contribution >= 0.6 is 11.8 Å². The Morgan fingerprint density at radius 3 is 1.88 bits per heavy atom. The molecule has 0 saturated carbocycles. The fourth-order valence-electron chi connectivity index (χ4n) is 4.41. The van der Waals surface area contributed by atoms with Crippen LogP contribution in [-0.4, -0.2) is 4.98 Å². The number of para-hydroxylation sites is 3. The summed E-state index contributed by atoms with van der Waals surface area (Å²) in [4.78, 5) is 9.27. The second kappa shape index (κ2) is 8.55. The predicted octanol–water partition coefficient (Wildman–Crippen LogP) is 8.22. The molecule has 1 aliphatic heterocycles. The highest BCUT2D eigenvalue weighted by molar-refractivity contribution is 7.99. The van der Waals surface area contributed by atoms with Gasteiger partial charge < -0.3 is 4.90 Å². The molecule has 3 nitrogen and oxygen atoms in total. The maximum Gasteiger partial charge on any atom is 0.101 e. The summed E-state index contributed by atoms with van der Waals surface area (Å²) in [6.07, 6.45) is 1.72. The Morgan fingerprint density at radius 1 is 0.618 bits per heavy atom. The third-order valence-corrected chi connectivity index (χ3v) is 7.10. The zero-order valence-corrected chi connectivity index (χ0v) is 19.0. The van der Waals surface area contributed by atoms with E-state index in [1.807, 2.05) is 23.9 Å². The lowest BCUT2D eigenvalue weighted by Crippen LogP contribution is -2.15. The number of nitriles is 1. The number of anilines is 3. The SMILES string of the molecule is N#Cc1cccnc1-c1ccc(-c2ccccc2N2c3ccccc3Sc3ccccc32)cc1. The summed E-state index contributed by atoms with van der Waals surface area (Å²) in [6.45, 7) is 0. The predicted molar refractivity (Wildman–Crippen MR) is 139 cm³/mol. The first-order valence-corrected chi connectivity index (χ1v) is 11.9. The molecule has 0 spiro atoms. The molecule has 5 aromatic rings. The highest BCUT2D eigenvalue weighted by Crippen LogP contribution is 2.52. The Balaban J connectivity index is 1.48. The summed E-state index contributed by atoms with van der Waals surface area (Å²) in [5.74, 6) is 0. The van der Waals surface area contributed by atoms with Crippen LogP contribution in [0, 0.1) is 11.3 Å². The number of aromatic nitrogens is 1. The largest absolute Gasteiger partial charge is 0.308 e. The Labute approximate surface area is 203 Å². The maximum atomic E-state index is 9.46. The summed E-state index contributed by atoms with van der Waals surface area (Å²) in [6, 6.07) is 39.8. The molecule has 0 radical (unpaired) electrons. The lowest BCUT2D eigenvalue weighted by Gasteiger charge is -2.34. The second-order valence-corrected chi connectivity index (χ2v) is 9.06. The summed E-state index contributed by atoms with van der Waals surface area (Å²) >= 11 is 1.81. The van der Waals surface area contributed by atoms with Crippen LogP contribution < -0.4 is 4.90 Å². The van der Waals surface area contributed by atoms with Crippen LogP contribution in [0.4, 0.5) is 17.1 Å². The van der Waals surface area contributed by atoms with Crippen molar-refractivity contribution >= 4 is 28.8 Å². The Bertz CT molecular complexity index is 1500. The number of rotatable bonds is 3. The maximum absolute atomic E-state index is 9.46. The van der Waals surface area contributed by atoms with Gasteiger partial charge >= 0.3 is 0 Å². The fourth-order valence-corrected chi connectivity index (χ4v) is 5.47. The highest BCUT2D eigenvalue weighted by Gasteiger charge is 2.26. The molecule has 1 aromatic heterocycles. The van der Waals surface area contributed by atoms with E-state index in [1.165, 1.54) is 21.2 Å². The van der Waals surface area contributed by atoms with Gasteiger partial charge in [-0.3, -0.25) is 4.98 Å².